The molecular weight excluding hydrogens is 244 g/mol. The maximum atomic E-state index is 5.76. The Labute approximate surface area is 114 Å². The van der Waals surface area contributed by atoms with E-state index in [1.807, 2.05) is 17.1 Å². The number of nitrogens with zero attached hydrogens (tertiary/aromatic N) is 2. The molecule has 2 nitrogen and oxygen atoms in total. The zero-order valence-electron chi connectivity index (χ0n) is 11.2. The van der Waals surface area contributed by atoms with Gasteiger partial charge in [-0.2, -0.15) is 5.10 Å². The van der Waals surface area contributed by atoms with Gasteiger partial charge < -0.3 is 0 Å². The van der Waals surface area contributed by atoms with Crippen molar-refractivity contribution in [1.82, 2.24) is 9.78 Å². The SMILES string of the molecule is CC(C)(C)c1ccc(Cn2cc(CCl)cn2)cc1. The fraction of sp³-hybridized carbons (Fsp3) is 0.400. The molecule has 0 aliphatic rings. The van der Waals surface area contributed by atoms with E-state index in [9.17, 15) is 0 Å². The highest BCUT2D eigenvalue weighted by Crippen LogP contribution is 2.22. The topological polar surface area (TPSA) is 17.8 Å². The van der Waals surface area contributed by atoms with Crippen LogP contribution in [0.4, 0.5) is 0 Å². The molecule has 0 amide bonds. The van der Waals surface area contributed by atoms with Crippen LogP contribution in [0.15, 0.2) is 36.7 Å². The smallest absolute Gasteiger partial charge is 0.0659 e. The van der Waals surface area contributed by atoms with Crippen molar-refractivity contribution in [1.29, 1.82) is 0 Å². The number of hydrogen-bond donors (Lipinski definition) is 0. The summed E-state index contributed by atoms with van der Waals surface area (Å²) in [5, 5.41) is 4.29. The van der Waals surface area contributed by atoms with Crippen molar-refractivity contribution in [2.75, 3.05) is 0 Å². The zero-order chi connectivity index (χ0) is 13.2. The first-order valence-corrected chi connectivity index (χ1v) is 6.69. The van der Waals surface area contributed by atoms with Crippen molar-refractivity contribution >= 4 is 11.6 Å². The Bertz CT molecular complexity index is 506. The molecule has 3 heteroatoms. The first-order chi connectivity index (χ1) is 8.49. The second kappa shape index (κ2) is 5.15. The van der Waals surface area contributed by atoms with E-state index >= 15 is 0 Å². The Kier molecular flexibility index (Phi) is 3.76. The molecule has 0 N–H and O–H groups in total. The Morgan fingerprint density at radius 3 is 2.28 bits per heavy atom. The molecule has 0 saturated heterocycles. The van der Waals surface area contributed by atoms with Gasteiger partial charge in [0.25, 0.3) is 0 Å². The third-order valence-corrected chi connectivity index (χ3v) is 3.31. The average Bonchev–Trinajstić information content (AvgIpc) is 2.76. The molecule has 0 aliphatic heterocycles. The van der Waals surface area contributed by atoms with Crippen LogP contribution in [0.3, 0.4) is 0 Å². The van der Waals surface area contributed by atoms with Crippen LogP contribution in [0.5, 0.6) is 0 Å². The Morgan fingerprint density at radius 1 is 1.11 bits per heavy atom. The van der Waals surface area contributed by atoms with Crippen LogP contribution >= 0.6 is 11.6 Å². The molecular formula is C15H19ClN2. The predicted molar refractivity (Wildman–Crippen MR) is 76.0 cm³/mol. The summed E-state index contributed by atoms with van der Waals surface area (Å²) in [7, 11) is 0. The molecule has 0 atom stereocenters. The minimum absolute atomic E-state index is 0.204. The summed E-state index contributed by atoms with van der Waals surface area (Å²) in [5.74, 6) is 0.517. The average molecular weight is 263 g/mol. The van der Waals surface area contributed by atoms with E-state index in [0.717, 1.165) is 12.1 Å². The molecule has 0 spiro atoms. The van der Waals surface area contributed by atoms with Crippen molar-refractivity contribution in [2.45, 2.75) is 38.6 Å². The molecule has 18 heavy (non-hydrogen) atoms. The van der Waals surface area contributed by atoms with Crippen LogP contribution in [0, 0.1) is 0 Å². The number of hydrogen-bond acceptors (Lipinski definition) is 1. The number of halogens is 1. The third-order valence-electron chi connectivity index (χ3n) is 3.01. The molecule has 1 aromatic carbocycles. The zero-order valence-corrected chi connectivity index (χ0v) is 11.9. The van der Waals surface area contributed by atoms with Gasteiger partial charge in [0, 0.05) is 11.8 Å². The molecule has 96 valence electrons. The van der Waals surface area contributed by atoms with E-state index in [-0.39, 0.29) is 5.41 Å². The fourth-order valence-electron chi connectivity index (χ4n) is 1.86. The molecule has 0 fully saturated rings. The van der Waals surface area contributed by atoms with Gasteiger partial charge in [-0.3, -0.25) is 4.68 Å². The highest BCUT2D eigenvalue weighted by Gasteiger charge is 2.12. The van der Waals surface area contributed by atoms with Crippen molar-refractivity contribution in [2.24, 2.45) is 0 Å². The minimum atomic E-state index is 0.204. The highest BCUT2D eigenvalue weighted by atomic mass is 35.5. The molecule has 1 aromatic heterocycles. The van der Waals surface area contributed by atoms with Crippen LogP contribution in [-0.4, -0.2) is 9.78 Å². The standard InChI is InChI=1S/C15H19ClN2/c1-15(2,3)14-6-4-12(5-7-14)10-18-11-13(8-16)9-17-18/h4-7,9,11H,8,10H2,1-3H3. The monoisotopic (exact) mass is 262 g/mol. The Hall–Kier alpha value is -1.28. The van der Waals surface area contributed by atoms with E-state index in [4.69, 9.17) is 11.6 Å². The van der Waals surface area contributed by atoms with Gasteiger partial charge in [-0.1, -0.05) is 45.0 Å². The van der Waals surface area contributed by atoms with Crippen LogP contribution < -0.4 is 0 Å². The first-order valence-electron chi connectivity index (χ1n) is 6.16. The lowest BCUT2D eigenvalue weighted by atomic mass is 9.87. The maximum absolute atomic E-state index is 5.76. The minimum Gasteiger partial charge on any atom is -0.268 e. The van der Waals surface area contributed by atoms with Crippen molar-refractivity contribution < 1.29 is 0 Å². The second-order valence-electron chi connectivity index (χ2n) is 5.63. The van der Waals surface area contributed by atoms with Crippen molar-refractivity contribution in [3.8, 4) is 0 Å². The van der Waals surface area contributed by atoms with Gasteiger partial charge in [0.2, 0.25) is 0 Å². The summed E-state index contributed by atoms with van der Waals surface area (Å²) < 4.78 is 1.92. The van der Waals surface area contributed by atoms with Gasteiger partial charge in [0.05, 0.1) is 18.6 Å². The van der Waals surface area contributed by atoms with E-state index in [2.05, 4.69) is 50.1 Å². The maximum Gasteiger partial charge on any atom is 0.0659 e. The Balaban J connectivity index is 2.11. The van der Waals surface area contributed by atoms with Gasteiger partial charge in [0.1, 0.15) is 0 Å². The lowest BCUT2D eigenvalue weighted by Crippen LogP contribution is -2.11. The number of rotatable bonds is 3. The summed E-state index contributed by atoms with van der Waals surface area (Å²) in [5.41, 5.74) is 3.87. The normalized spacial score (nSPS) is 11.8. The molecule has 0 saturated carbocycles. The third kappa shape index (κ3) is 3.14. The lowest BCUT2D eigenvalue weighted by molar-refractivity contribution is 0.589. The summed E-state index contributed by atoms with van der Waals surface area (Å²) in [6.07, 6.45) is 3.81. The van der Waals surface area contributed by atoms with Gasteiger partial charge in [-0.05, 0) is 16.5 Å². The van der Waals surface area contributed by atoms with Gasteiger partial charge in [0.15, 0.2) is 0 Å². The van der Waals surface area contributed by atoms with Crippen molar-refractivity contribution in [3.63, 3.8) is 0 Å². The highest BCUT2D eigenvalue weighted by molar-refractivity contribution is 6.17. The van der Waals surface area contributed by atoms with E-state index < -0.39 is 0 Å². The van der Waals surface area contributed by atoms with Crippen LogP contribution in [0.1, 0.15) is 37.5 Å². The largest absolute Gasteiger partial charge is 0.268 e. The van der Waals surface area contributed by atoms with E-state index in [1.165, 1.54) is 11.1 Å². The number of alkyl halides is 1. The molecule has 2 aromatic rings. The molecule has 2 rings (SSSR count). The summed E-state index contributed by atoms with van der Waals surface area (Å²) in [6.45, 7) is 7.47. The quantitative estimate of drug-likeness (QED) is 0.766. The fourth-order valence-corrected chi connectivity index (χ4v) is 2.00. The van der Waals surface area contributed by atoms with Crippen LogP contribution in [0.2, 0.25) is 0 Å². The number of benzene rings is 1. The molecule has 0 bridgehead atoms. The van der Waals surface area contributed by atoms with E-state index in [0.29, 0.717) is 5.88 Å². The molecule has 0 radical (unpaired) electrons. The van der Waals surface area contributed by atoms with Gasteiger partial charge in [-0.25, -0.2) is 0 Å². The Morgan fingerprint density at radius 2 is 1.78 bits per heavy atom. The predicted octanol–water partition coefficient (Wildman–Crippen LogP) is 3.97. The summed E-state index contributed by atoms with van der Waals surface area (Å²) in [4.78, 5) is 0. The first kappa shape index (κ1) is 13.2. The number of aromatic nitrogens is 2. The van der Waals surface area contributed by atoms with Crippen molar-refractivity contribution in [3.05, 3.63) is 53.3 Å². The molecule has 0 aliphatic carbocycles. The summed E-state index contributed by atoms with van der Waals surface area (Å²) >= 11 is 5.76. The van der Waals surface area contributed by atoms with Gasteiger partial charge in [-0.15, -0.1) is 11.6 Å². The summed E-state index contributed by atoms with van der Waals surface area (Å²) in [6, 6.07) is 8.73. The molecule has 0 unspecified atom stereocenters. The second-order valence-corrected chi connectivity index (χ2v) is 5.89. The van der Waals surface area contributed by atoms with E-state index in [1.54, 1.807) is 0 Å². The van der Waals surface area contributed by atoms with Crippen LogP contribution in [-0.2, 0) is 17.8 Å². The molecule has 1 heterocycles. The van der Waals surface area contributed by atoms with Gasteiger partial charge >= 0.3 is 0 Å². The lowest BCUT2D eigenvalue weighted by Gasteiger charge is -2.19. The van der Waals surface area contributed by atoms with Crippen LogP contribution in [0.25, 0.3) is 0 Å².